The number of carbonyl (C=O) groups excluding carboxylic acids is 1. The van der Waals surface area contributed by atoms with Crippen LogP contribution in [0.15, 0.2) is 12.1 Å². The summed E-state index contributed by atoms with van der Waals surface area (Å²) in [6.45, 7) is 2.67. The number of halogens is 2. The minimum Gasteiger partial charge on any atom is -0.494 e. The normalized spacial score (nSPS) is 20.0. The monoisotopic (exact) mass is 359 g/mol. The van der Waals surface area contributed by atoms with E-state index in [1.54, 1.807) is 12.1 Å². The molecule has 2 aliphatic rings. The molecule has 0 saturated carbocycles. The highest BCUT2D eigenvalue weighted by atomic mass is 35.5. The molecule has 7 heteroatoms. The van der Waals surface area contributed by atoms with Crippen LogP contribution in [0.2, 0.25) is 10.0 Å². The second-order valence-corrected chi connectivity index (χ2v) is 6.53. The van der Waals surface area contributed by atoms with Gasteiger partial charge in [-0.1, -0.05) is 23.2 Å². The van der Waals surface area contributed by atoms with Crippen molar-refractivity contribution in [3.8, 4) is 5.75 Å². The van der Waals surface area contributed by atoms with Crippen molar-refractivity contribution in [1.29, 1.82) is 0 Å². The Labute approximate surface area is 145 Å². The summed E-state index contributed by atoms with van der Waals surface area (Å²) >= 11 is 12.2. The van der Waals surface area contributed by atoms with E-state index in [1.165, 1.54) is 7.11 Å². The van der Waals surface area contributed by atoms with E-state index in [9.17, 15) is 4.79 Å². The first kappa shape index (κ1) is 16.8. The molecule has 0 unspecified atom stereocenters. The second-order valence-electron chi connectivity index (χ2n) is 5.71. The third-order valence-electron chi connectivity index (χ3n) is 4.31. The van der Waals surface area contributed by atoms with Crippen LogP contribution in [0.4, 0.5) is 0 Å². The van der Waals surface area contributed by atoms with Crippen molar-refractivity contribution in [2.24, 2.45) is 5.92 Å². The number of amides is 1. The Hall–Kier alpha value is -1.01. The van der Waals surface area contributed by atoms with E-state index < -0.39 is 0 Å². The largest absolute Gasteiger partial charge is 0.494 e. The summed E-state index contributed by atoms with van der Waals surface area (Å²) in [6.07, 6.45) is 1.62. The maximum atomic E-state index is 12.6. The van der Waals surface area contributed by atoms with Crippen LogP contribution >= 0.6 is 23.2 Å². The van der Waals surface area contributed by atoms with Crippen molar-refractivity contribution in [2.45, 2.75) is 19.1 Å². The minimum absolute atomic E-state index is 0.0665. The molecule has 2 fully saturated rings. The number of ether oxygens (including phenoxy) is 3. The number of hydrogen-bond acceptors (Lipinski definition) is 4. The molecule has 0 aliphatic carbocycles. The van der Waals surface area contributed by atoms with Crippen LogP contribution in [0.3, 0.4) is 0 Å². The highest BCUT2D eigenvalue weighted by molar-refractivity contribution is 6.37. The van der Waals surface area contributed by atoms with Crippen LogP contribution in [0.25, 0.3) is 0 Å². The highest BCUT2D eigenvalue weighted by Gasteiger charge is 2.32. The predicted molar refractivity (Wildman–Crippen MR) is 87.3 cm³/mol. The quantitative estimate of drug-likeness (QED) is 0.831. The van der Waals surface area contributed by atoms with Gasteiger partial charge in [0.1, 0.15) is 0 Å². The Balaban J connectivity index is 1.65. The third-order valence-corrected chi connectivity index (χ3v) is 4.87. The number of rotatable bonds is 3. The van der Waals surface area contributed by atoms with E-state index >= 15 is 0 Å². The lowest BCUT2D eigenvalue weighted by Crippen LogP contribution is -2.41. The fourth-order valence-corrected chi connectivity index (χ4v) is 3.73. The fourth-order valence-electron chi connectivity index (χ4n) is 3.08. The Morgan fingerprint density at radius 2 is 1.74 bits per heavy atom. The predicted octanol–water partition coefficient (Wildman–Crippen LogP) is 3.23. The number of benzene rings is 1. The van der Waals surface area contributed by atoms with Crippen molar-refractivity contribution in [3.63, 3.8) is 0 Å². The van der Waals surface area contributed by atoms with Gasteiger partial charge in [0.2, 0.25) is 0 Å². The van der Waals surface area contributed by atoms with Crippen molar-refractivity contribution in [2.75, 3.05) is 33.4 Å². The van der Waals surface area contributed by atoms with Gasteiger partial charge in [-0.05, 0) is 25.0 Å². The van der Waals surface area contributed by atoms with Crippen LogP contribution in [0.5, 0.6) is 5.75 Å². The van der Waals surface area contributed by atoms with Gasteiger partial charge in [0.15, 0.2) is 12.0 Å². The van der Waals surface area contributed by atoms with Crippen LogP contribution in [-0.4, -0.2) is 50.5 Å². The minimum atomic E-state index is -0.114. The van der Waals surface area contributed by atoms with Gasteiger partial charge < -0.3 is 19.1 Å². The van der Waals surface area contributed by atoms with Crippen molar-refractivity contribution >= 4 is 29.1 Å². The van der Waals surface area contributed by atoms with E-state index in [2.05, 4.69) is 0 Å². The van der Waals surface area contributed by atoms with Crippen LogP contribution in [0, 0.1) is 5.92 Å². The molecule has 23 heavy (non-hydrogen) atoms. The summed E-state index contributed by atoms with van der Waals surface area (Å²) in [4.78, 5) is 14.5. The van der Waals surface area contributed by atoms with Crippen LogP contribution in [0.1, 0.15) is 23.2 Å². The van der Waals surface area contributed by atoms with Gasteiger partial charge in [0.25, 0.3) is 5.91 Å². The van der Waals surface area contributed by atoms with Gasteiger partial charge in [-0.15, -0.1) is 0 Å². The lowest BCUT2D eigenvalue weighted by molar-refractivity contribution is -0.0956. The smallest absolute Gasteiger partial charge is 0.253 e. The van der Waals surface area contributed by atoms with Crippen molar-refractivity contribution < 1.29 is 19.0 Å². The molecule has 0 N–H and O–H groups in total. The Bertz CT molecular complexity index is 558. The van der Waals surface area contributed by atoms with E-state index in [-0.39, 0.29) is 12.2 Å². The van der Waals surface area contributed by atoms with E-state index in [4.69, 9.17) is 37.4 Å². The van der Waals surface area contributed by atoms with E-state index in [0.717, 1.165) is 12.8 Å². The summed E-state index contributed by atoms with van der Waals surface area (Å²) < 4.78 is 16.2. The molecule has 0 spiro atoms. The molecule has 0 radical (unpaired) electrons. The zero-order chi connectivity index (χ0) is 16.4. The van der Waals surface area contributed by atoms with Crippen molar-refractivity contribution in [1.82, 2.24) is 4.90 Å². The first-order valence-electron chi connectivity index (χ1n) is 7.65. The second kappa shape index (κ2) is 7.26. The maximum Gasteiger partial charge on any atom is 0.253 e. The average Bonchev–Trinajstić information content (AvgIpc) is 3.08. The number of piperidine rings is 1. The van der Waals surface area contributed by atoms with Crippen LogP contribution < -0.4 is 4.74 Å². The summed E-state index contributed by atoms with van der Waals surface area (Å²) in [7, 11) is 1.49. The highest BCUT2D eigenvalue weighted by Crippen LogP contribution is 2.34. The molecular weight excluding hydrogens is 341 g/mol. The first-order valence-corrected chi connectivity index (χ1v) is 8.41. The SMILES string of the molecule is COc1c(Cl)cc(C(=O)N2CCC(C3OCCO3)CC2)cc1Cl. The van der Waals surface area contributed by atoms with Gasteiger partial charge in [-0.2, -0.15) is 0 Å². The van der Waals surface area contributed by atoms with Gasteiger partial charge in [0.05, 0.1) is 30.4 Å². The summed E-state index contributed by atoms with van der Waals surface area (Å²) in [5.74, 6) is 0.673. The molecule has 0 atom stereocenters. The maximum absolute atomic E-state index is 12.6. The molecule has 1 aromatic rings. The summed E-state index contributed by atoms with van der Waals surface area (Å²) in [6, 6.07) is 3.20. The molecule has 2 heterocycles. The number of methoxy groups -OCH3 is 1. The molecule has 2 saturated heterocycles. The fraction of sp³-hybridized carbons (Fsp3) is 0.562. The molecule has 3 rings (SSSR count). The summed E-state index contributed by atoms with van der Waals surface area (Å²) in [5.41, 5.74) is 0.479. The Kier molecular flexibility index (Phi) is 5.31. The van der Waals surface area contributed by atoms with E-state index in [0.29, 0.717) is 53.6 Å². The number of carbonyl (C=O) groups is 1. The number of nitrogens with zero attached hydrogens (tertiary/aromatic N) is 1. The topological polar surface area (TPSA) is 48.0 Å². The standard InChI is InChI=1S/C16H19Cl2NO4/c1-21-14-12(17)8-11(9-13(14)18)15(20)19-4-2-10(3-5-19)16-22-6-7-23-16/h8-10,16H,2-7H2,1H3. The molecule has 1 aromatic carbocycles. The average molecular weight is 360 g/mol. The lowest BCUT2D eigenvalue weighted by atomic mass is 9.95. The molecule has 0 aromatic heterocycles. The zero-order valence-corrected chi connectivity index (χ0v) is 14.4. The molecule has 0 bridgehead atoms. The molecule has 2 aliphatic heterocycles. The van der Waals surface area contributed by atoms with Gasteiger partial charge in [-0.25, -0.2) is 0 Å². The number of hydrogen-bond donors (Lipinski definition) is 0. The zero-order valence-electron chi connectivity index (χ0n) is 12.9. The molecular formula is C16H19Cl2NO4. The van der Waals surface area contributed by atoms with Gasteiger partial charge in [0, 0.05) is 24.6 Å². The van der Waals surface area contributed by atoms with Gasteiger partial charge in [-0.3, -0.25) is 4.79 Å². The Morgan fingerprint density at radius 3 is 2.26 bits per heavy atom. The Morgan fingerprint density at radius 1 is 1.17 bits per heavy atom. The third kappa shape index (κ3) is 3.58. The van der Waals surface area contributed by atoms with E-state index in [1.807, 2.05) is 4.90 Å². The summed E-state index contributed by atoms with van der Waals surface area (Å²) in [5, 5.41) is 0.678. The van der Waals surface area contributed by atoms with Gasteiger partial charge >= 0.3 is 0 Å². The first-order chi connectivity index (χ1) is 11.1. The molecule has 5 nitrogen and oxygen atoms in total. The number of likely N-dealkylation sites (tertiary alicyclic amines) is 1. The van der Waals surface area contributed by atoms with Crippen molar-refractivity contribution in [3.05, 3.63) is 27.7 Å². The lowest BCUT2D eigenvalue weighted by Gasteiger charge is -2.34. The molecule has 1 amide bonds. The van der Waals surface area contributed by atoms with Crippen LogP contribution in [-0.2, 0) is 9.47 Å². The molecule has 126 valence electrons.